The highest BCUT2D eigenvalue weighted by Gasteiger charge is 2.13. The number of sulfone groups is 1. The first-order valence-electron chi connectivity index (χ1n) is 4.89. The van der Waals surface area contributed by atoms with Gasteiger partial charge in [-0.1, -0.05) is 12.1 Å². The summed E-state index contributed by atoms with van der Waals surface area (Å²) in [5, 5.41) is 9.58. The zero-order valence-corrected chi connectivity index (χ0v) is 10.2. The minimum Gasteiger partial charge on any atom is -0.497 e. The van der Waals surface area contributed by atoms with Crippen LogP contribution in [0.1, 0.15) is 5.56 Å². The lowest BCUT2D eigenvalue weighted by Gasteiger charge is -2.10. The second-order valence-corrected chi connectivity index (χ2v) is 5.99. The van der Waals surface area contributed by atoms with Gasteiger partial charge in [0, 0.05) is 6.26 Å². The van der Waals surface area contributed by atoms with Gasteiger partial charge in [0.05, 0.1) is 19.0 Å². The summed E-state index contributed by atoms with van der Waals surface area (Å²) in [5.74, 6) is 0.480. The molecule has 0 fully saturated rings. The standard InChI is InChI=1S/C11H16O4S/c1-15-11-5-3-4-9(7-11)6-10(12)8-16(2,13)14/h3-5,7,10,12H,6,8H2,1-2H3. The Morgan fingerprint density at radius 1 is 1.44 bits per heavy atom. The van der Waals surface area contributed by atoms with Gasteiger partial charge in [-0.25, -0.2) is 8.42 Å². The van der Waals surface area contributed by atoms with Crippen LogP contribution in [-0.4, -0.2) is 38.7 Å². The van der Waals surface area contributed by atoms with Crippen LogP contribution in [0.2, 0.25) is 0 Å². The number of aliphatic hydroxyl groups excluding tert-OH is 1. The molecule has 0 aliphatic rings. The zero-order chi connectivity index (χ0) is 12.2. The molecule has 1 N–H and O–H groups in total. The van der Waals surface area contributed by atoms with Gasteiger partial charge in [0.15, 0.2) is 0 Å². The molecule has 0 aromatic heterocycles. The van der Waals surface area contributed by atoms with E-state index in [1.807, 2.05) is 6.07 Å². The number of methoxy groups -OCH3 is 1. The first-order valence-corrected chi connectivity index (χ1v) is 6.95. The molecule has 0 amide bonds. The summed E-state index contributed by atoms with van der Waals surface area (Å²) in [6.07, 6.45) is 0.550. The van der Waals surface area contributed by atoms with Crippen LogP contribution in [0.4, 0.5) is 0 Å². The van der Waals surface area contributed by atoms with E-state index in [4.69, 9.17) is 4.74 Å². The summed E-state index contributed by atoms with van der Waals surface area (Å²) in [5.41, 5.74) is 0.857. The molecule has 4 nitrogen and oxygen atoms in total. The van der Waals surface area contributed by atoms with Crippen molar-refractivity contribution < 1.29 is 18.3 Å². The first kappa shape index (κ1) is 13.0. The molecule has 0 saturated carbocycles. The number of rotatable bonds is 5. The summed E-state index contributed by atoms with van der Waals surface area (Å²) in [6.45, 7) is 0. The molecule has 0 aliphatic heterocycles. The molecule has 0 bridgehead atoms. The fourth-order valence-electron chi connectivity index (χ4n) is 1.48. The highest BCUT2D eigenvalue weighted by Crippen LogP contribution is 2.14. The van der Waals surface area contributed by atoms with E-state index in [1.165, 1.54) is 0 Å². The van der Waals surface area contributed by atoms with Gasteiger partial charge in [-0.2, -0.15) is 0 Å². The van der Waals surface area contributed by atoms with Crippen molar-refractivity contribution in [2.24, 2.45) is 0 Å². The summed E-state index contributed by atoms with van der Waals surface area (Å²) < 4.78 is 27.0. The van der Waals surface area contributed by atoms with E-state index in [2.05, 4.69) is 0 Å². The Balaban J connectivity index is 2.65. The monoisotopic (exact) mass is 244 g/mol. The lowest BCUT2D eigenvalue weighted by atomic mass is 10.1. The maximum Gasteiger partial charge on any atom is 0.150 e. The lowest BCUT2D eigenvalue weighted by molar-refractivity contribution is 0.198. The SMILES string of the molecule is COc1cccc(CC(O)CS(C)(=O)=O)c1. The molecule has 0 saturated heterocycles. The second-order valence-electron chi connectivity index (χ2n) is 3.80. The third kappa shape index (κ3) is 4.63. The summed E-state index contributed by atoms with van der Waals surface area (Å²) in [7, 11) is -1.58. The van der Waals surface area contributed by atoms with Crippen LogP contribution in [0.25, 0.3) is 0 Å². The third-order valence-electron chi connectivity index (χ3n) is 2.10. The Morgan fingerprint density at radius 2 is 2.12 bits per heavy atom. The van der Waals surface area contributed by atoms with Crippen molar-refractivity contribution in [3.05, 3.63) is 29.8 Å². The Morgan fingerprint density at radius 3 is 2.69 bits per heavy atom. The van der Waals surface area contributed by atoms with Gasteiger partial charge in [0.1, 0.15) is 15.6 Å². The van der Waals surface area contributed by atoms with Gasteiger partial charge < -0.3 is 9.84 Å². The van der Waals surface area contributed by atoms with Crippen LogP contribution in [0, 0.1) is 0 Å². The van der Waals surface area contributed by atoms with E-state index in [0.717, 1.165) is 11.8 Å². The van der Waals surface area contributed by atoms with Gasteiger partial charge >= 0.3 is 0 Å². The Bertz CT molecular complexity index is 439. The van der Waals surface area contributed by atoms with Gasteiger partial charge in [-0.15, -0.1) is 0 Å². The lowest BCUT2D eigenvalue weighted by Crippen LogP contribution is -2.22. The first-order chi connectivity index (χ1) is 7.40. The number of hydrogen-bond donors (Lipinski definition) is 1. The molecular formula is C11H16O4S. The summed E-state index contributed by atoms with van der Waals surface area (Å²) in [4.78, 5) is 0. The zero-order valence-electron chi connectivity index (χ0n) is 9.38. The predicted molar refractivity (Wildman–Crippen MR) is 62.4 cm³/mol. The molecule has 0 heterocycles. The molecule has 5 heteroatoms. The maximum atomic E-state index is 11.0. The summed E-state index contributed by atoms with van der Waals surface area (Å²) >= 11 is 0. The molecular weight excluding hydrogens is 228 g/mol. The predicted octanol–water partition coefficient (Wildman–Crippen LogP) is 0.643. The molecule has 1 atom stereocenters. The number of hydrogen-bond acceptors (Lipinski definition) is 4. The van der Waals surface area contributed by atoms with E-state index in [9.17, 15) is 13.5 Å². The van der Waals surface area contributed by atoms with E-state index in [-0.39, 0.29) is 5.75 Å². The number of benzene rings is 1. The molecule has 1 aromatic carbocycles. The molecule has 1 rings (SSSR count). The van der Waals surface area contributed by atoms with Gasteiger partial charge in [-0.3, -0.25) is 0 Å². The topological polar surface area (TPSA) is 63.6 Å². The van der Waals surface area contributed by atoms with Crippen molar-refractivity contribution in [3.8, 4) is 5.75 Å². The highest BCUT2D eigenvalue weighted by atomic mass is 32.2. The molecule has 1 aromatic rings. The Hall–Kier alpha value is -1.07. The largest absolute Gasteiger partial charge is 0.497 e. The minimum atomic E-state index is -3.14. The molecule has 16 heavy (non-hydrogen) atoms. The van der Waals surface area contributed by atoms with Crippen LogP contribution in [0.15, 0.2) is 24.3 Å². The average Bonchev–Trinajstić information content (AvgIpc) is 2.15. The second kappa shape index (κ2) is 5.32. The van der Waals surface area contributed by atoms with Crippen LogP contribution in [0.3, 0.4) is 0 Å². The van der Waals surface area contributed by atoms with Crippen LogP contribution in [0.5, 0.6) is 5.75 Å². The van der Waals surface area contributed by atoms with Crippen LogP contribution >= 0.6 is 0 Å². The summed E-state index contributed by atoms with van der Waals surface area (Å²) in [6, 6.07) is 7.22. The fraction of sp³-hybridized carbons (Fsp3) is 0.455. The minimum absolute atomic E-state index is 0.218. The van der Waals surface area contributed by atoms with Gasteiger partial charge in [-0.05, 0) is 24.1 Å². The average molecular weight is 244 g/mol. The van der Waals surface area contributed by atoms with Crippen molar-refractivity contribution in [2.45, 2.75) is 12.5 Å². The van der Waals surface area contributed by atoms with Crippen molar-refractivity contribution in [1.82, 2.24) is 0 Å². The van der Waals surface area contributed by atoms with Crippen molar-refractivity contribution in [2.75, 3.05) is 19.1 Å². The molecule has 0 spiro atoms. The van der Waals surface area contributed by atoms with Crippen molar-refractivity contribution >= 4 is 9.84 Å². The number of ether oxygens (including phenoxy) is 1. The molecule has 90 valence electrons. The van der Waals surface area contributed by atoms with Crippen molar-refractivity contribution in [1.29, 1.82) is 0 Å². The van der Waals surface area contributed by atoms with E-state index < -0.39 is 15.9 Å². The smallest absolute Gasteiger partial charge is 0.150 e. The molecule has 0 radical (unpaired) electrons. The normalized spacial score (nSPS) is 13.4. The fourth-order valence-corrected chi connectivity index (χ4v) is 2.30. The highest BCUT2D eigenvalue weighted by molar-refractivity contribution is 7.90. The maximum absolute atomic E-state index is 11.0. The van der Waals surface area contributed by atoms with Gasteiger partial charge in [0.2, 0.25) is 0 Å². The van der Waals surface area contributed by atoms with Crippen LogP contribution < -0.4 is 4.74 Å². The Kier molecular flexibility index (Phi) is 4.32. The van der Waals surface area contributed by atoms with E-state index in [0.29, 0.717) is 12.2 Å². The van der Waals surface area contributed by atoms with E-state index >= 15 is 0 Å². The molecule has 0 aliphatic carbocycles. The van der Waals surface area contributed by atoms with Gasteiger partial charge in [0.25, 0.3) is 0 Å². The molecule has 1 unspecified atom stereocenters. The van der Waals surface area contributed by atoms with Crippen molar-refractivity contribution in [3.63, 3.8) is 0 Å². The quantitative estimate of drug-likeness (QED) is 0.825. The third-order valence-corrected chi connectivity index (χ3v) is 3.09. The van der Waals surface area contributed by atoms with E-state index in [1.54, 1.807) is 25.3 Å². The van der Waals surface area contributed by atoms with Crippen LogP contribution in [-0.2, 0) is 16.3 Å². The number of aliphatic hydroxyl groups is 1. The Labute approximate surface area is 95.8 Å².